The largest absolute Gasteiger partial charge is 0.493 e. The van der Waals surface area contributed by atoms with E-state index >= 15 is 0 Å². The lowest BCUT2D eigenvalue weighted by molar-refractivity contribution is -0.138. The standard InChI is InChI=1S/C24H28F3N3O2S/c1-3-4-5-6-7-8-14-32-21-13-12-17(15-18(21)24(25,26)27)28-23-30-20(16-33-23)19-10-9-11-22(29-19)31-2/h9-13,15-16H,3-8,14H2,1-2H3,(H,28,30). The molecule has 0 saturated carbocycles. The number of unbranched alkanes of at least 4 members (excludes halogenated alkanes) is 5. The van der Waals surface area contributed by atoms with Gasteiger partial charge in [0.1, 0.15) is 11.4 Å². The van der Waals surface area contributed by atoms with Crippen LogP contribution in [0.1, 0.15) is 51.0 Å². The van der Waals surface area contributed by atoms with Crippen molar-refractivity contribution in [2.45, 2.75) is 51.6 Å². The van der Waals surface area contributed by atoms with Crippen molar-refractivity contribution < 1.29 is 22.6 Å². The van der Waals surface area contributed by atoms with Gasteiger partial charge in [0.2, 0.25) is 5.88 Å². The van der Waals surface area contributed by atoms with Crippen molar-refractivity contribution in [3.8, 4) is 23.0 Å². The number of nitrogens with one attached hydrogen (secondary N) is 1. The molecular weight excluding hydrogens is 451 g/mol. The Labute approximate surface area is 196 Å². The molecule has 9 heteroatoms. The lowest BCUT2D eigenvalue weighted by atomic mass is 10.1. The van der Waals surface area contributed by atoms with Crippen LogP contribution in [0.5, 0.6) is 11.6 Å². The number of alkyl halides is 3. The Hall–Kier alpha value is -2.81. The summed E-state index contributed by atoms with van der Waals surface area (Å²) in [4.78, 5) is 8.76. The van der Waals surface area contributed by atoms with Crippen LogP contribution in [-0.4, -0.2) is 23.7 Å². The second-order valence-electron chi connectivity index (χ2n) is 7.55. The Kier molecular flexibility index (Phi) is 8.94. The third kappa shape index (κ3) is 7.35. The molecule has 3 rings (SSSR count). The van der Waals surface area contributed by atoms with Crippen molar-refractivity contribution in [1.82, 2.24) is 9.97 Å². The van der Waals surface area contributed by atoms with Crippen molar-refractivity contribution >= 4 is 22.2 Å². The van der Waals surface area contributed by atoms with Crippen LogP contribution < -0.4 is 14.8 Å². The monoisotopic (exact) mass is 479 g/mol. The van der Waals surface area contributed by atoms with Gasteiger partial charge in [-0.05, 0) is 30.7 Å². The molecule has 0 amide bonds. The molecule has 33 heavy (non-hydrogen) atoms. The van der Waals surface area contributed by atoms with Gasteiger partial charge >= 0.3 is 6.18 Å². The van der Waals surface area contributed by atoms with E-state index in [1.165, 1.54) is 30.9 Å². The van der Waals surface area contributed by atoms with Gasteiger partial charge in [-0.25, -0.2) is 9.97 Å². The van der Waals surface area contributed by atoms with E-state index in [0.717, 1.165) is 38.2 Å². The average Bonchev–Trinajstić information content (AvgIpc) is 3.27. The summed E-state index contributed by atoms with van der Waals surface area (Å²) in [5.74, 6) is 0.309. The van der Waals surface area contributed by atoms with Gasteiger partial charge in [0, 0.05) is 17.1 Å². The zero-order chi connectivity index (χ0) is 23.7. The predicted octanol–water partition coefficient (Wildman–Crippen LogP) is 7.72. The number of pyridine rings is 1. The molecular formula is C24H28F3N3O2S. The van der Waals surface area contributed by atoms with Crippen LogP contribution in [0.25, 0.3) is 11.4 Å². The molecule has 0 aliphatic carbocycles. The first-order valence-corrected chi connectivity index (χ1v) is 11.9. The molecule has 2 aromatic heterocycles. The lowest BCUT2D eigenvalue weighted by Gasteiger charge is -2.15. The summed E-state index contributed by atoms with van der Waals surface area (Å²) < 4.78 is 51.5. The van der Waals surface area contributed by atoms with Crippen molar-refractivity contribution in [3.05, 3.63) is 47.3 Å². The number of benzene rings is 1. The molecule has 3 aromatic rings. The Balaban J connectivity index is 1.66. The molecule has 0 aliphatic rings. The average molecular weight is 480 g/mol. The summed E-state index contributed by atoms with van der Waals surface area (Å²) >= 11 is 1.28. The van der Waals surface area contributed by atoms with E-state index in [-0.39, 0.29) is 18.0 Å². The summed E-state index contributed by atoms with van der Waals surface area (Å²) in [6.45, 7) is 2.41. The fourth-order valence-corrected chi connectivity index (χ4v) is 3.99. The molecule has 0 atom stereocenters. The van der Waals surface area contributed by atoms with Crippen LogP contribution in [0.2, 0.25) is 0 Å². The van der Waals surface area contributed by atoms with E-state index in [1.807, 2.05) is 0 Å². The number of methoxy groups -OCH3 is 1. The highest BCUT2D eigenvalue weighted by atomic mass is 32.1. The smallest absolute Gasteiger partial charge is 0.420 e. The third-order valence-corrected chi connectivity index (χ3v) is 5.75. The van der Waals surface area contributed by atoms with Crippen molar-refractivity contribution in [3.63, 3.8) is 0 Å². The van der Waals surface area contributed by atoms with Gasteiger partial charge in [-0.2, -0.15) is 13.2 Å². The summed E-state index contributed by atoms with van der Waals surface area (Å²) in [6.07, 6.45) is 1.74. The predicted molar refractivity (Wildman–Crippen MR) is 125 cm³/mol. The lowest BCUT2D eigenvalue weighted by Crippen LogP contribution is -2.10. The van der Waals surface area contributed by atoms with E-state index in [2.05, 4.69) is 22.2 Å². The topological polar surface area (TPSA) is 56.3 Å². The normalized spacial score (nSPS) is 11.4. The van der Waals surface area contributed by atoms with Crippen molar-refractivity contribution in [2.75, 3.05) is 19.0 Å². The van der Waals surface area contributed by atoms with Crippen LogP contribution >= 0.6 is 11.3 Å². The van der Waals surface area contributed by atoms with E-state index in [0.29, 0.717) is 22.4 Å². The van der Waals surface area contributed by atoms with Crippen molar-refractivity contribution in [2.24, 2.45) is 0 Å². The summed E-state index contributed by atoms with van der Waals surface area (Å²) in [5, 5.41) is 5.20. The highest BCUT2D eigenvalue weighted by Crippen LogP contribution is 2.39. The minimum Gasteiger partial charge on any atom is -0.493 e. The van der Waals surface area contributed by atoms with E-state index < -0.39 is 11.7 Å². The number of rotatable bonds is 12. The maximum Gasteiger partial charge on any atom is 0.420 e. The van der Waals surface area contributed by atoms with Crippen LogP contribution in [0, 0.1) is 0 Å². The minimum absolute atomic E-state index is 0.151. The summed E-state index contributed by atoms with van der Waals surface area (Å²) in [7, 11) is 1.53. The molecule has 178 valence electrons. The number of thiazole rings is 1. The van der Waals surface area contributed by atoms with E-state index in [9.17, 15) is 13.2 Å². The van der Waals surface area contributed by atoms with Crippen LogP contribution in [0.4, 0.5) is 24.0 Å². The molecule has 0 radical (unpaired) electrons. The first-order valence-electron chi connectivity index (χ1n) is 11.0. The Morgan fingerprint density at radius 3 is 2.52 bits per heavy atom. The van der Waals surface area contributed by atoms with Crippen LogP contribution in [-0.2, 0) is 6.18 Å². The van der Waals surface area contributed by atoms with E-state index in [1.54, 1.807) is 29.6 Å². The number of nitrogens with zero attached hydrogens (tertiary/aromatic N) is 2. The maximum absolute atomic E-state index is 13.6. The third-order valence-electron chi connectivity index (χ3n) is 4.99. The van der Waals surface area contributed by atoms with E-state index in [4.69, 9.17) is 9.47 Å². The number of hydrogen-bond donors (Lipinski definition) is 1. The number of aromatic nitrogens is 2. The van der Waals surface area contributed by atoms with Gasteiger partial charge < -0.3 is 14.8 Å². The molecule has 1 N–H and O–H groups in total. The molecule has 0 unspecified atom stereocenters. The Morgan fingerprint density at radius 1 is 0.970 bits per heavy atom. The van der Waals surface area contributed by atoms with Crippen LogP contribution in [0.15, 0.2) is 41.8 Å². The second-order valence-corrected chi connectivity index (χ2v) is 8.41. The SMILES string of the molecule is CCCCCCCCOc1ccc(Nc2nc(-c3cccc(OC)n3)cs2)cc1C(F)(F)F. The van der Waals surface area contributed by atoms with Gasteiger partial charge in [-0.15, -0.1) is 11.3 Å². The molecule has 0 fully saturated rings. The highest BCUT2D eigenvalue weighted by molar-refractivity contribution is 7.14. The van der Waals surface area contributed by atoms with Gasteiger partial charge in [-0.1, -0.05) is 45.1 Å². The minimum atomic E-state index is -4.52. The first kappa shape index (κ1) is 24.8. The maximum atomic E-state index is 13.6. The van der Waals surface area contributed by atoms with Crippen LogP contribution in [0.3, 0.4) is 0 Å². The van der Waals surface area contributed by atoms with Gasteiger partial charge in [-0.3, -0.25) is 0 Å². The zero-order valence-corrected chi connectivity index (χ0v) is 19.6. The molecule has 0 saturated heterocycles. The summed E-state index contributed by atoms with van der Waals surface area (Å²) in [6, 6.07) is 9.30. The molecule has 2 heterocycles. The second kappa shape index (κ2) is 11.9. The Bertz CT molecular complexity index is 1020. The van der Waals surface area contributed by atoms with Gasteiger partial charge in [0.05, 0.1) is 25.0 Å². The fourth-order valence-electron chi connectivity index (χ4n) is 3.26. The van der Waals surface area contributed by atoms with Gasteiger partial charge in [0.25, 0.3) is 0 Å². The Morgan fingerprint density at radius 2 is 1.76 bits per heavy atom. The number of ether oxygens (including phenoxy) is 2. The number of halogens is 3. The molecule has 1 aromatic carbocycles. The molecule has 5 nitrogen and oxygen atoms in total. The van der Waals surface area contributed by atoms with Gasteiger partial charge in [0.15, 0.2) is 5.13 Å². The molecule has 0 spiro atoms. The zero-order valence-electron chi connectivity index (χ0n) is 18.7. The van der Waals surface area contributed by atoms with Crippen molar-refractivity contribution in [1.29, 1.82) is 0 Å². The first-order chi connectivity index (χ1) is 15.9. The highest BCUT2D eigenvalue weighted by Gasteiger charge is 2.34. The fraction of sp³-hybridized carbons (Fsp3) is 0.417. The quantitative estimate of drug-likeness (QED) is 0.270. The molecule has 0 bridgehead atoms. The molecule has 0 aliphatic heterocycles. The number of anilines is 2. The summed E-state index contributed by atoms with van der Waals surface area (Å²) in [5.41, 5.74) is 0.711. The number of hydrogen-bond acceptors (Lipinski definition) is 6.